The molecule has 0 atom stereocenters. The van der Waals surface area contributed by atoms with Crippen molar-refractivity contribution in [3.05, 3.63) is 86.4 Å². The summed E-state index contributed by atoms with van der Waals surface area (Å²) in [4.78, 5) is 40.8. The van der Waals surface area contributed by atoms with Gasteiger partial charge in [-0.2, -0.15) is 9.78 Å². The number of carbonyl (C=O) groups excluding carboxylic acids is 1. The molecular formula is C22H21FN4O4. The Hall–Kier alpha value is -3.75. The molecule has 0 spiro atoms. The van der Waals surface area contributed by atoms with E-state index in [1.54, 1.807) is 35.2 Å². The van der Waals surface area contributed by atoms with Crippen molar-refractivity contribution < 1.29 is 13.9 Å². The minimum atomic E-state index is -0.795. The van der Waals surface area contributed by atoms with Crippen molar-refractivity contribution in [3.8, 4) is 11.4 Å². The molecule has 0 bridgehead atoms. The highest BCUT2D eigenvalue weighted by Gasteiger charge is 2.26. The van der Waals surface area contributed by atoms with Gasteiger partial charge in [0.15, 0.2) is 0 Å². The van der Waals surface area contributed by atoms with Crippen LogP contribution in [0, 0.1) is 5.82 Å². The molecule has 1 fully saturated rings. The van der Waals surface area contributed by atoms with Crippen molar-refractivity contribution in [2.24, 2.45) is 0 Å². The third-order valence-electron chi connectivity index (χ3n) is 5.20. The van der Waals surface area contributed by atoms with Gasteiger partial charge in [0.2, 0.25) is 5.69 Å². The molecule has 1 aliphatic heterocycles. The number of rotatable bonds is 5. The summed E-state index contributed by atoms with van der Waals surface area (Å²) < 4.78 is 20.7. The topological polar surface area (TPSA) is 86.4 Å². The SMILES string of the molecule is COc1ccc(-n2nc(C(=O)N3CCCC3)c(=O)n(Cc3cccc(F)c3)c2=O)cc1. The number of benzene rings is 2. The van der Waals surface area contributed by atoms with Crippen molar-refractivity contribution in [3.63, 3.8) is 0 Å². The zero-order valence-electron chi connectivity index (χ0n) is 17.0. The number of hydrogen-bond acceptors (Lipinski definition) is 5. The average molecular weight is 424 g/mol. The van der Waals surface area contributed by atoms with Gasteiger partial charge in [0.05, 0.1) is 19.3 Å². The highest BCUT2D eigenvalue weighted by molar-refractivity contribution is 5.92. The molecule has 2 aromatic carbocycles. The minimum absolute atomic E-state index is 0.186. The van der Waals surface area contributed by atoms with Gasteiger partial charge >= 0.3 is 5.69 Å². The lowest BCUT2D eigenvalue weighted by atomic mass is 10.2. The summed E-state index contributed by atoms with van der Waals surface area (Å²) in [6, 6.07) is 12.1. The van der Waals surface area contributed by atoms with Gasteiger partial charge in [-0.05, 0) is 54.8 Å². The van der Waals surface area contributed by atoms with Crippen LogP contribution in [0.3, 0.4) is 0 Å². The Morgan fingerprint density at radius 2 is 1.81 bits per heavy atom. The van der Waals surface area contributed by atoms with E-state index in [0.717, 1.165) is 22.1 Å². The number of aromatic nitrogens is 3. The molecule has 4 rings (SSSR count). The maximum absolute atomic E-state index is 13.6. The van der Waals surface area contributed by atoms with Crippen molar-refractivity contribution in [2.75, 3.05) is 20.2 Å². The molecule has 8 nitrogen and oxygen atoms in total. The summed E-state index contributed by atoms with van der Waals surface area (Å²) in [5.41, 5.74) is -1.07. The third kappa shape index (κ3) is 4.11. The highest BCUT2D eigenvalue weighted by Crippen LogP contribution is 2.14. The fourth-order valence-electron chi connectivity index (χ4n) is 3.57. The fourth-order valence-corrected chi connectivity index (χ4v) is 3.57. The molecule has 0 N–H and O–H groups in total. The van der Waals surface area contributed by atoms with E-state index in [1.807, 2.05) is 0 Å². The summed E-state index contributed by atoms with van der Waals surface area (Å²) in [5.74, 6) is -0.417. The van der Waals surface area contributed by atoms with Crippen LogP contribution in [0.15, 0.2) is 58.1 Å². The maximum atomic E-state index is 13.6. The molecule has 1 aromatic heterocycles. The van der Waals surface area contributed by atoms with Crippen molar-refractivity contribution >= 4 is 5.91 Å². The molecule has 2 heterocycles. The molecule has 0 radical (unpaired) electrons. The summed E-state index contributed by atoms with van der Waals surface area (Å²) in [7, 11) is 1.52. The molecule has 31 heavy (non-hydrogen) atoms. The summed E-state index contributed by atoms with van der Waals surface area (Å²) in [6.45, 7) is 0.880. The summed E-state index contributed by atoms with van der Waals surface area (Å²) in [5, 5.41) is 4.13. The first-order chi connectivity index (χ1) is 15.0. The Balaban J connectivity index is 1.87. The van der Waals surface area contributed by atoms with Gasteiger partial charge in [-0.3, -0.25) is 14.2 Å². The Labute approximate surface area is 177 Å². The van der Waals surface area contributed by atoms with Gasteiger partial charge in [0.25, 0.3) is 11.5 Å². The molecule has 9 heteroatoms. The van der Waals surface area contributed by atoms with Crippen LogP contribution in [-0.2, 0) is 6.54 Å². The second-order valence-electron chi connectivity index (χ2n) is 7.26. The molecule has 3 aromatic rings. The lowest BCUT2D eigenvalue weighted by molar-refractivity contribution is 0.0781. The number of carbonyl (C=O) groups is 1. The number of hydrogen-bond donors (Lipinski definition) is 0. The van der Waals surface area contributed by atoms with Crippen LogP contribution in [0.5, 0.6) is 5.75 Å². The van der Waals surface area contributed by atoms with Gasteiger partial charge in [0.1, 0.15) is 11.6 Å². The lowest BCUT2D eigenvalue weighted by Crippen LogP contribution is -2.46. The van der Waals surface area contributed by atoms with Crippen LogP contribution in [0.25, 0.3) is 5.69 Å². The van der Waals surface area contributed by atoms with Crippen molar-refractivity contribution in [1.29, 1.82) is 0 Å². The van der Waals surface area contributed by atoms with Crippen LogP contribution in [0.1, 0.15) is 28.9 Å². The molecule has 160 valence electrons. The van der Waals surface area contributed by atoms with E-state index in [0.29, 0.717) is 30.1 Å². The minimum Gasteiger partial charge on any atom is -0.497 e. The zero-order valence-corrected chi connectivity index (χ0v) is 17.0. The van der Waals surface area contributed by atoms with Gasteiger partial charge in [-0.1, -0.05) is 12.1 Å². The van der Waals surface area contributed by atoms with E-state index in [1.165, 1.54) is 25.3 Å². The molecule has 0 saturated carbocycles. The van der Waals surface area contributed by atoms with Crippen LogP contribution < -0.4 is 16.0 Å². The van der Waals surface area contributed by atoms with Crippen LogP contribution >= 0.6 is 0 Å². The Kier molecular flexibility index (Phi) is 5.66. The van der Waals surface area contributed by atoms with Gasteiger partial charge in [-0.25, -0.2) is 9.18 Å². The van der Waals surface area contributed by atoms with Crippen molar-refractivity contribution in [2.45, 2.75) is 19.4 Å². The lowest BCUT2D eigenvalue weighted by Gasteiger charge is -2.16. The second kappa shape index (κ2) is 8.55. The van der Waals surface area contributed by atoms with Gasteiger partial charge in [0, 0.05) is 13.1 Å². The molecule has 0 unspecified atom stereocenters. The molecule has 1 saturated heterocycles. The number of likely N-dealkylation sites (tertiary alicyclic amines) is 1. The quantitative estimate of drug-likeness (QED) is 0.624. The first kappa shape index (κ1) is 20.5. The Morgan fingerprint density at radius 1 is 1.10 bits per heavy atom. The Bertz CT molecular complexity index is 1230. The van der Waals surface area contributed by atoms with Crippen LogP contribution in [0.4, 0.5) is 4.39 Å². The van der Waals surface area contributed by atoms with E-state index < -0.39 is 23.0 Å². The molecular weight excluding hydrogens is 403 g/mol. The number of halogens is 1. The summed E-state index contributed by atoms with van der Waals surface area (Å²) in [6.07, 6.45) is 1.70. The van der Waals surface area contributed by atoms with Gasteiger partial charge < -0.3 is 9.64 Å². The van der Waals surface area contributed by atoms with Gasteiger partial charge in [-0.15, -0.1) is 0 Å². The van der Waals surface area contributed by atoms with E-state index in [4.69, 9.17) is 4.74 Å². The predicted octanol–water partition coefficient (Wildman–Crippen LogP) is 1.83. The Morgan fingerprint density at radius 3 is 2.45 bits per heavy atom. The predicted molar refractivity (Wildman–Crippen MR) is 111 cm³/mol. The first-order valence-corrected chi connectivity index (χ1v) is 9.90. The number of methoxy groups -OCH3 is 1. The number of amides is 1. The average Bonchev–Trinajstić information content (AvgIpc) is 3.32. The molecule has 1 amide bonds. The fraction of sp³-hybridized carbons (Fsp3) is 0.273. The normalized spacial score (nSPS) is 13.4. The monoisotopic (exact) mass is 424 g/mol. The second-order valence-corrected chi connectivity index (χ2v) is 7.26. The summed E-state index contributed by atoms with van der Waals surface area (Å²) >= 11 is 0. The standard InChI is InChI=1S/C22H21FN4O4/c1-31-18-9-7-17(8-10-18)27-22(30)26(14-15-5-4-6-16(23)13-15)21(29)19(24-27)20(28)25-11-2-3-12-25/h4-10,13H,2-3,11-12,14H2,1H3. The van der Waals surface area contributed by atoms with E-state index >= 15 is 0 Å². The number of nitrogens with zero attached hydrogens (tertiary/aromatic N) is 4. The van der Waals surface area contributed by atoms with Crippen LogP contribution in [0.2, 0.25) is 0 Å². The number of ether oxygens (including phenoxy) is 1. The maximum Gasteiger partial charge on any atom is 0.352 e. The van der Waals surface area contributed by atoms with E-state index in [2.05, 4.69) is 5.10 Å². The molecule has 0 aliphatic carbocycles. The van der Waals surface area contributed by atoms with E-state index in [-0.39, 0.29) is 12.2 Å². The van der Waals surface area contributed by atoms with Crippen LogP contribution in [-0.4, -0.2) is 45.4 Å². The molecule has 1 aliphatic rings. The first-order valence-electron chi connectivity index (χ1n) is 9.90. The smallest absolute Gasteiger partial charge is 0.352 e. The largest absolute Gasteiger partial charge is 0.497 e. The van der Waals surface area contributed by atoms with E-state index in [9.17, 15) is 18.8 Å². The van der Waals surface area contributed by atoms with Crippen molar-refractivity contribution in [1.82, 2.24) is 19.2 Å². The zero-order chi connectivity index (χ0) is 22.0. The highest BCUT2D eigenvalue weighted by atomic mass is 19.1. The third-order valence-corrected chi connectivity index (χ3v) is 5.20.